The predicted octanol–water partition coefficient (Wildman–Crippen LogP) is 6.76. The summed E-state index contributed by atoms with van der Waals surface area (Å²) in [6.07, 6.45) is 1.86. The van der Waals surface area contributed by atoms with Crippen molar-refractivity contribution in [2.45, 2.75) is 51.6 Å². The third kappa shape index (κ3) is 11.0. The number of hydrogen-bond donors (Lipinski definition) is 0. The highest BCUT2D eigenvalue weighted by atomic mass is 19.4. The van der Waals surface area contributed by atoms with Crippen LogP contribution in [0.5, 0.6) is 11.5 Å². The highest BCUT2D eigenvalue weighted by Crippen LogP contribution is 2.22. The van der Waals surface area contributed by atoms with E-state index < -0.39 is 24.5 Å². The fourth-order valence-electron chi connectivity index (χ4n) is 2.88. The first-order valence-corrected chi connectivity index (χ1v) is 11.2. The van der Waals surface area contributed by atoms with E-state index >= 15 is 0 Å². The van der Waals surface area contributed by atoms with Gasteiger partial charge in [0.2, 0.25) is 0 Å². The summed E-state index contributed by atoms with van der Waals surface area (Å²) in [6, 6.07) is 12.6. The molecule has 8 heteroatoms. The molecule has 0 aliphatic heterocycles. The zero-order valence-electron chi connectivity index (χ0n) is 19.1. The first kappa shape index (κ1) is 27.0. The third-order valence-corrected chi connectivity index (χ3v) is 4.71. The molecule has 0 aromatic heterocycles. The highest BCUT2D eigenvalue weighted by Gasteiger charge is 2.26. The van der Waals surface area contributed by atoms with Crippen molar-refractivity contribution < 1.29 is 37.0 Å². The van der Waals surface area contributed by atoms with Crippen molar-refractivity contribution in [1.82, 2.24) is 0 Å². The van der Waals surface area contributed by atoms with Crippen LogP contribution in [0.1, 0.15) is 61.4 Å². The lowest BCUT2D eigenvalue weighted by Crippen LogP contribution is -2.10. The number of benzene rings is 2. The minimum atomic E-state index is -4.20. The molecule has 0 bridgehead atoms. The summed E-state index contributed by atoms with van der Waals surface area (Å²) >= 11 is 0. The van der Waals surface area contributed by atoms with E-state index in [-0.39, 0.29) is 18.6 Å². The molecule has 0 amide bonds. The largest absolute Gasteiger partial charge is 0.494 e. The van der Waals surface area contributed by atoms with Crippen LogP contribution in [0.2, 0.25) is 0 Å². The van der Waals surface area contributed by atoms with Crippen LogP contribution in [0.25, 0.3) is 6.08 Å². The first-order valence-electron chi connectivity index (χ1n) is 11.2. The van der Waals surface area contributed by atoms with Crippen molar-refractivity contribution in [3.63, 3.8) is 0 Å². The van der Waals surface area contributed by atoms with Gasteiger partial charge in [-0.05, 0) is 60.9 Å². The average molecular weight is 479 g/mol. The van der Waals surface area contributed by atoms with Gasteiger partial charge in [-0.2, -0.15) is 13.2 Å². The van der Waals surface area contributed by atoms with Gasteiger partial charge >= 0.3 is 18.1 Å². The first-order chi connectivity index (χ1) is 16.3. The van der Waals surface area contributed by atoms with E-state index in [1.165, 1.54) is 30.3 Å². The normalized spacial score (nSPS) is 11.4. The molecular weight excluding hydrogens is 449 g/mol. The minimum absolute atomic E-state index is 0.0687. The van der Waals surface area contributed by atoms with Crippen LogP contribution in [0.3, 0.4) is 0 Å². The summed E-state index contributed by atoms with van der Waals surface area (Å²) in [7, 11) is 0. The van der Waals surface area contributed by atoms with Crippen LogP contribution < -0.4 is 9.47 Å². The van der Waals surface area contributed by atoms with Crippen molar-refractivity contribution in [2.24, 2.45) is 0 Å². The summed E-state index contributed by atoms with van der Waals surface area (Å²) in [5.41, 5.74) is 1.02. The maximum Gasteiger partial charge on any atom is 0.389 e. The fourth-order valence-corrected chi connectivity index (χ4v) is 2.88. The maximum absolute atomic E-state index is 12.3. The topological polar surface area (TPSA) is 61.8 Å². The Morgan fingerprint density at radius 1 is 0.853 bits per heavy atom. The molecule has 0 spiro atoms. The van der Waals surface area contributed by atoms with Gasteiger partial charge < -0.3 is 14.2 Å². The molecule has 0 saturated carbocycles. The van der Waals surface area contributed by atoms with Gasteiger partial charge in [-0.25, -0.2) is 9.59 Å². The summed E-state index contributed by atoms with van der Waals surface area (Å²) in [5.74, 6) is -0.291. The molecule has 0 N–H and O–H groups in total. The van der Waals surface area contributed by atoms with Crippen LogP contribution in [0.4, 0.5) is 13.2 Å². The molecule has 5 nitrogen and oxygen atoms in total. The van der Waals surface area contributed by atoms with Crippen molar-refractivity contribution in [1.29, 1.82) is 0 Å². The molecule has 0 fully saturated rings. The molecule has 0 aliphatic rings. The molecule has 2 rings (SSSR count). The summed E-state index contributed by atoms with van der Waals surface area (Å²) < 4.78 is 52.1. The lowest BCUT2D eigenvalue weighted by molar-refractivity contribution is -0.138. The second kappa shape index (κ2) is 14.1. The number of carbonyl (C=O) groups is 2. The number of ether oxygens (including phenoxy) is 3. The van der Waals surface area contributed by atoms with Gasteiger partial charge in [0.25, 0.3) is 0 Å². The SMILES string of the molecule is CCCCCCOC(=O)C=Cc1ccc(OC(=O)c2ccc(OCCCC(F)(F)F)cc2)cc1. The number of alkyl halides is 3. The Labute approximate surface area is 197 Å². The number of carbonyl (C=O) groups excluding carboxylic acids is 2. The highest BCUT2D eigenvalue weighted by molar-refractivity contribution is 5.91. The van der Waals surface area contributed by atoms with Crippen LogP contribution >= 0.6 is 0 Å². The maximum atomic E-state index is 12.3. The molecular formula is C26H29F3O5. The van der Waals surface area contributed by atoms with E-state index in [1.54, 1.807) is 30.3 Å². The van der Waals surface area contributed by atoms with E-state index in [4.69, 9.17) is 14.2 Å². The number of hydrogen-bond acceptors (Lipinski definition) is 5. The third-order valence-electron chi connectivity index (χ3n) is 4.71. The van der Waals surface area contributed by atoms with Crippen molar-refractivity contribution >= 4 is 18.0 Å². The van der Waals surface area contributed by atoms with Gasteiger partial charge in [-0.3, -0.25) is 0 Å². The van der Waals surface area contributed by atoms with Gasteiger partial charge in [-0.1, -0.05) is 38.3 Å². The summed E-state index contributed by atoms with van der Waals surface area (Å²) in [4.78, 5) is 24.0. The van der Waals surface area contributed by atoms with Gasteiger partial charge in [0, 0.05) is 12.5 Å². The van der Waals surface area contributed by atoms with Crippen molar-refractivity contribution in [3.8, 4) is 11.5 Å². The van der Waals surface area contributed by atoms with E-state index in [2.05, 4.69) is 6.92 Å². The smallest absolute Gasteiger partial charge is 0.389 e. The van der Waals surface area contributed by atoms with Crippen LogP contribution in [-0.4, -0.2) is 31.3 Å². The van der Waals surface area contributed by atoms with E-state index in [0.717, 1.165) is 31.2 Å². The summed E-state index contributed by atoms with van der Waals surface area (Å²) in [6.45, 7) is 2.45. The van der Waals surface area contributed by atoms with E-state index in [0.29, 0.717) is 18.1 Å². The standard InChI is InChI=1S/C26H29F3O5/c1-2-3-4-5-18-33-24(30)16-9-20-7-12-23(13-8-20)34-25(31)21-10-14-22(15-11-21)32-19-6-17-26(27,28)29/h7-16H,2-6,17-19H2,1H3. The molecule has 2 aromatic rings. The molecule has 0 aliphatic carbocycles. The van der Waals surface area contributed by atoms with Gasteiger partial charge in [-0.15, -0.1) is 0 Å². The zero-order valence-corrected chi connectivity index (χ0v) is 19.1. The molecule has 34 heavy (non-hydrogen) atoms. The van der Waals surface area contributed by atoms with Crippen LogP contribution in [-0.2, 0) is 9.53 Å². The molecule has 2 aromatic carbocycles. The summed E-state index contributed by atoms with van der Waals surface area (Å²) in [5, 5.41) is 0. The Bertz CT molecular complexity index is 919. The lowest BCUT2D eigenvalue weighted by atomic mass is 10.2. The second-order valence-corrected chi connectivity index (χ2v) is 7.61. The number of esters is 2. The predicted molar refractivity (Wildman–Crippen MR) is 123 cm³/mol. The number of halogens is 3. The van der Waals surface area contributed by atoms with E-state index in [9.17, 15) is 22.8 Å². The lowest BCUT2D eigenvalue weighted by Gasteiger charge is -2.09. The Morgan fingerprint density at radius 2 is 1.53 bits per heavy atom. The molecule has 184 valence electrons. The number of unbranched alkanes of at least 4 members (excludes halogenated alkanes) is 3. The van der Waals surface area contributed by atoms with Crippen LogP contribution in [0, 0.1) is 0 Å². The zero-order chi connectivity index (χ0) is 24.8. The number of rotatable bonds is 13. The molecule has 0 saturated heterocycles. The van der Waals surface area contributed by atoms with Gasteiger partial charge in [0.1, 0.15) is 11.5 Å². The monoisotopic (exact) mass is 478 g/mol. The molecule has 0 atom stereocenters. The molecule has 0 heterocycles. The van der Waals surface area contributed by atoms with Crippen molar-refractivity contribution in [2.75, 3.05) is 13.2 Å². The second-order valence-electron chi connectivity index (χ2n) is 7.61. The Balaban J connectivity index is 1.77. The Morgan fingerprint density at radius 3 is 2.18 bits per heavy atom. The van der Waals surface area contributed by atoms with Gasteiger partial charge in [0.15, 0.2) is 0 Å². The quantitative estimate of drug-likeness (QED) is 0.138. The Hall–Kier alpha value is -3.29. The molecule has 0 radical (unpaired) electrons. The fraction of sp³-hybridized carbons (Fsp3) is 0.385. The van der Waals surface area contributed by atoms with E-state index in [1.807, 2.05) is 0 Å². The molecule has 0 unspecified atom stereocenters. The van der Waals surface area contributed by atoms with Crippen LogP contribution in [0.15, 0.2) is 54.6 Å². The van der Waals surface area contributed by atoms with Crippen molar-refractivity contribution in [3.05, 3.63) is 65.7 Å². The van der Waals surface area contributed by atoms with Gasteiger partial charge in [0.05, 0.1) is 18.8 Å². The average Bonchev–Trinajstić information content (AvgIpc) is 2.81. The Kier molecular flexibility index (Phi) is 11.2. The minimum Gasteiger partial charge on any atom is -0.494 e.